The molecule has 0 spiro atoms. The molecule has 2 aromatic rings. The molecule has 3 rings (SSSR count). The van der Waals surface area contributed by atoms with Gasteiger partial charge in [-0.05, 0) is 65.5 Å². The number of hydrogen-bond donors (Lipinski definition) is 2. The minimum atomic E-state index is 0.0175. The summed E-state index contributed by atoms with van der Waals surface area (Å²) in [6.45, 7) is 14.0. The van der Waals surface area contributed by atoms with Crippen LogP contribution in [0.2, 0.25) is 0 Å². The summed E-state index contributed by atoms with van der Waals surface area (Å²) in [7, 11) is 0. The lowest BCUT2D eigenvalue weighted by molar-refractivity contribution is 0.0863. The van der Waals surface area contributed by atoms with E-state index in [1.807, 2.05) is 0 Å². The summed E-state index contributed by atoms with van der Waals surface area (Å²) in [6.07, 6.45) is 4.07. The molecule has 0 atom stereocenters. The number of aromatic nitrogens is 1. The first-order valence-corrected chi connectivity index (χ1v) is 10.3. The van der Waals surface area contributed by atoms with Crippen LogP contribution in [0.3, 0.4) is 0 Å². The van der Waals surface area contributed by atoms with E-state index in [0.29, 0.717) is 0 Å². The molecule has 1 aliphatic rings. The number of rotatable bonds is 5. The lowest BCUT2D eigenvalue weighted by atomic mass is 9.79. The highest BCUT2D eigenvalue weighted by Crippen LogP contribution is 2.30. The van der Waals surface area contributed by atoms with Crippen molar-refractivity contribution < 1.29 is 4.79 Å². The molecule has 1 saturated heterocycles. The van der Waals surface area contributed by atoms with Crippen molar-refractivity contribution in [3.63, 3.8) is 0 Å². The van der Waals surface area contributed by atoms with Crippen molar-refractivity contribution in [2.75, 3.05) is 0 Å². The molecule has 2 N–H and O–H groups in total. The minimum absolute atomic E-state index is 0.0175. The van der Waals surface area contributed by atoms with Crippen LogP contribution in [0.4, 0.5) is 0 Å². The zero-order valence-electron chi connectivity index (χ0n) is 17.8. The summed E-state index contributed by atoms with van der Waals surface area (Å²) in [5, 5.41) is 8.24. The number of amides is 1. The minimum Gasteiger partial charge on any atom is -0.348 e. The van der Waals surface area contributed by atoms with Crippen molar-refractivity contribution in [1.82, 2.24) is 15.2 Å². The van der Waals surface area contributed by atoms with Crippen LogP contribution in [0, 0.1) is 6.92 Å². The molecule has 0 saturated carbocycles. The Morgan fingerprint density at radius 1 is 1.19 bits per heavy atom. The van der Waals surface area contributed by atoms with Gasteiger partial charge in [-0.15, -0.1) is 0 Å². The molecule has 4 heteroatoms. The molecule has 2 heterocycles. The van der Waals surface area contributed by atoms with E-state index in [-0.39, 0.29) is 23.0 Å². The molecule has 4 nitrogen and oxygen atoms in total. The lowest BCUT2D eigenvalue weighted by Gasteiger charge is -2.46. The van der Waals surface area contributed by atoms with E-state index >= 15 is 0 Å². The van der Waals surface area contributed by atoms with Gasteiger partial charge in [0.1, 0.15) is 5.69 Å². The van der Waals surface area contributed by atoms with Gasteiger partial charge >= 0.3 is 0 Å². The summed E-state index contributed by atoms with van der Waals surface area (Å²) in [5.74, 6) is 0.0679. The van der Waals surface area contributed by atoms with E-state index in [9.17, 15) is 4.79 Å². The highest BCUT2D eigenvalue weighted by atomic mass is 16.2. The first kappa shape index (κ1) is 19.9. The standard InChI is InChI=1S/C23H35N3O/c1-7-8-13-26-19-12-10-9-11-18(19)16(2)20(26)21(27)24-17-14-22(3,4)25-23(5,6)15-17/h9-12,17,25H,7-8,13-15H2,1-6H3,(H,24,27). The number of nitrogens with one attached hydrogen (secondary N) is 2. The first-order chi connectivity index (χ1) is 12.6. The van der Waals surface area contributed by atoms with E-state index in [4.69, 9.17) is 0 Å². The van der Waals surface area contributed by atoms with Gasteiger partial charge in [-0.25, -0.2) is 0 Å². The molecule has 0 aliphatic carbocycles. The second-order valence-corrected chi connectivity index (χ2v) is 9.47. The van der Waals surface area contributed by atoms with Crippen LogP contribution in [0.15, 0.2) is 24.3 Å². The Balaban J connectivity index is 1.92. The largest absolute Gasteiger partial charge is 0.348 e. The van der Waals surface area contributed by atoms with Crippen LogP contribution in [0.5, 0.6) is 0 Å². The van der Waals surface area contributed by atoms with Crippen LogP contribution in [0.1, 0.15) is 76.4 Å². The Hall–Kier alpha value is -1.81. The number of carbonyl (C=O) groups excluding carboxylic acids is 1. The summed E-state index contributed by atoms with van der Waals surface area (Å²) < 4.78 is 2.22. The lowest BCUT2D eigenvalue weighted by Crippen LogP contribution is -2.62. The Morgan fingerprint density at radius 2 is 1.81 bits per heavy atom. The first-order valence-electron chi connectivity index (χ1n) is 10.3. The highest BCUT2D eigenvalue weighted by molar-refractivity contribution is 6.01. The third-order valence-electron chi connectivity index (χ3n) is 5.70. The smallest absolute Gasteiger partial charge is 0.268 e. The summed E-state index contributed by atoms with van der Waals surface area (Å²) in [4.78, 5) is 13.4. The molecule has 1 aliphatic heterocycles. The fourth-order valence-electron chi connectivity index (χ4n) is 5.00. The maximum Gasteiger partial charge on any atom is 0.268 e. The molecule has 1 aromatic carbocycles. The van der Waals surface area contributed by atoms with E-state index in [1.165, 1.54) is 10.9 Å². The molecular weight excluding hydrogens is 334 g/mol. The number of fused-ring (bicyclic) bond motifs is 1. The van der Waals surface area contributed by atoms with Crippen molar-refractivity contribution >= 4 is 16.8 Å². The Kier molecular flexibility index (Phi) is 5.40. The topological polar surface area (TPSA) is 46.1 Å². The average Bonchev–Trinajstić information content (AvgIpc) is 2.82. The van der Waals surface area contributed by atoms with Crippen molar-refractivity contribution in [3.05, 3.63) is 35.5 Å². The fraction of sp³-hybridized carbons (Fsp3) is 0.609. The molecule has 1 fully saturated rings. The molecule has 1 aromatic heterocycles. The Bertz CT molecular complexity index is 816. The number of carbonyl (C=O) groups is 1. The van der Waals surface area contributed by atoms with Crippen LogP contribution in [-0.2, 0) is 6.54 Å². The number of piperidine rings is 1. The van der Waals surface area contributed by atoms with Gasteiger partial charge in [0, 0.05) is 34.6 Å². The third kappa shape index (κ3) is 4.21. The molecule has 0 radical (unpaired) electrons. The van der Waals surface area contributed by atoms with Crippen LogP contribution < -0.4 is 10.6 Å². The number of para-hydroxylation sites is 1. The van der Waals surface area contributed by atoms with E-state index in [1.54, 1.807) is 0 Å². The zero-order chi connectivity index (χ0) is 19.8. The fourth-order valence-corrected chi connectivity index (χ4v) is 5.00. The predicted molar refractivity (Wildman–Crippen MR) is 113 cm³/mol. The number of unbranched alkanes of at least 4 members (excludes halogenated alkanes) is 1. The van der Waals surface area contributed by atoms with Gasteiger partial charge in [0.05, 0.1) is 0 Å². The average molecular weight is 370 g/mol. The normalized spacial score (nSPS) is 19.3. The number of aryl methyl sites for hydroxylation is 2. The van der Waals surface area contributed by atoms with Gasteiger partial charge in [-0.2, -0.15) is 0 Å². The van der Waals surface area contributed by atoms with Crippen molar-refractivity contribution in [3.8, 4) is 0 Å². The van der Waals surface area contributed by atoms with Crippen molar-refractivity contribution in [1.29, 1.82) is 0 Å². The molecule has 1 amide bonds. The van der Waals surface area contributed by atoms with Crippen molar-refractivity contribution in [2.24, 2.45) is 0 Å². The summed E-state index contributed by atoms with van der Waals surface area (Å²) >= 11 is 0. The highest BCUT2D eigenvalue weighted by Gasteiger charge is 2.38. The van der Waals surface area contributed by atoms with Crippen LogP contribution >= 0.6 is 0 Å². The number of hydrogen-bond acceptors (Lipinski definition) is 2. The SMILES string of the molecule is CCCCn1c(C(=O)NC2CC(C)(C)NC(C)(C)C2)c(C)c2ccccc21. The predicted octanol–water partition coefficient (Wildman–Crippen LogP) is 4.79. The third-order valence-corrected chi connectivity index (χ3v) is 5.70. The molecule has 0 unspecified atom stereocenters. The molecule has 148 valence electrons. The second-order valence-electron chi connectivity index (χ2n) is 9.47. The van der Waals surface area contributed by atoms with Gasteiger partial charge in [0.25, 0.3) is 5.91 Å². The Labute approximate surface area is 163 Å². The maximum atomic E-state index is 13.4. The maximum absolute atomic E-state index is 13.4. The van der Waals surface area contributed by atoms with Crippen LogP contribution in [-0.4, -0.2) is 27.6 Å². The summed E-state index contributed by atoms with van der Waals surface area (Å²) in [6, 6.07) is 8.55. The van der Waals surface area contributed by atoms with E-state index < -0.39 is 0 Å². The quantitative estimate of drug-likeness (QED) is 0.796. The van der Waals surface area contributed by atoms with Gasteiger partial charge in [0.15, 0.2) is 0 Å². The van der Waals surface area contributed by atoms with Crippen LogP contribution in [0.25, 0.3) is 10.9 Å². The molecule has 27 heavy (non-hydrogen) atoms. The molecular formula is C23H35N3O. The van der Waals surface area contributed by atoms with Gasteiger partial charge < -0.3 is 15.2 Å². The van der Waals surface area contributed by atoms with E-state index in [2.05, 4.69) is 81.0 Å². The van der Waals surface area contributed by atoms with Gasteiger partial charge in [-0.3, -0.25) is 4.79 Å². The Morgan fingerprint density at radius 3 is 2.44 bits per heavy atom. The second kappa shape index (κ2) is 7.31. The number of benzene rings is 1. The van der Waals surface area contributed by atoms with Gasteiger partial charge in [-0.1, -0.05) is 31.5 Å². The van der Waals surface area contributed by atoms with E-state index in [0.717, 1.165) is 43.5 Å². The van der Waals surface area contributed by atoms with Gasteiger partial charge in [0.2, 0.25) is 0 Å². The zero-order valence-corrected chi connectivity index (χ0v) is 17.8. The molecule has 0 bridgehead atoms. The number of nitrogens with zero attached hydrogens (tertiary/aromatic N) is 1. The monoisotopic (exact) mass is 369 g/mol. The van der Waals surface area contributed by atoms with Crippen molar-refractivity contribution in [2.45, 2.75) is 90.9 Å². The summed E-state index contributed by atoms with van der Waals surface area (Å²) in [5.41, 5.74) is 3.12.